The number of para-hydroxylation sites is 1. The maximum atomic E-state index is 11.3. The maximum Gasteiger partial charge on any atom is 0.312 e. The summed E-state index contributed by atoms with van der Waals surface area (Å²) in [4.78, 5) is 11.3. The quantitative estimate of drug-likeness (QED) is 0.846. The highest BCUT2D eigenvalue weighted by Gasteiger charge is 2.18. The molecule has 0 saturated carbocycles. The van der Waals surface area contributed by atoms with Crippen LogP contribution < -0.4 is 5.32 Å². The number of nitrogens with one attached hydrogen (secondary N) is 1. The predicted octanol–water partition coefficient (Wildman–Crippen LogP) is 2.97. The van der Waals surface area contributed by atoms with E-state index < -0.39 is 11.9 Å². The fourth-order valence-electron chi connectivity index (χ4n) is 1.81. The van der Waals surface area contributed by atoms with E-state index in [1.165, 1.54) is 0 Å². The Morgan fingerprint density at radius 1 is 1.00 bits per heavy atom. The van der Waals surface area contributed by atoms with Crippen molar-refractivity contribution in [3.63, 3.8) is 0 Å². The predicted molar refractivity (Wildman–Crippen MR) is 71.8 cm³/mol. The van der Waals surface area contributed by atoms with Crippen LogP contribution in [0.15, 0.2) is 60.7 Å². The number of hydrogen-bond donors (Lipinski definition) is 2. The molecule has 2 N–H and O–H groups in total. The van der Waals surface area contributed by atoms with Crippen LogP contribution in [0.4, 0.5) is 5.69 Å². The van der Waals surface area contributed by atoms with Crippen LogP contribution in [0, 0.1) is 0 Å². The summed E-state index contributed by atoms with van der Waals surface area (Å²) in [5, 5.41) is 12.4. The minimum absolute atomic E-state index is 0.378. The van der Waals surface area contributed by atoms with Crippen LogP contribution in [0.25, 0.3) is 0 Å². The molecule has 0 aliphatic rings. The SMILES string of the molecule is O=C(O)C(CNc1ccccc1)c1ccccc1. The highest BCUT2D eigenvalue weighted by molar-refractivity contribution is 5.77. The Labute approximate surface area is 106 Å². The third-order valence-corrected chi connectivity index (χ3v) is 2.78. The van der Waals surface area contributed by atoms with Crippen molar-refractivity contribution >= 4 is 11.7 Å². The van der Waals surface area contributed by atoms with E-state index in [0.717, 1.165) is 11.3 Å². The summed E-state index contributed by atoms with van der Waals surface area (Å²) in [7, 11) is 0. The second-order valence-electron chi connectivity index (χ2n) is 4.05. The van der Waals surface area contributed by atoms with Gasteiger partial charge in [0.1, 0.15) is 0 Å². The summed E-state index contributed by atoms with van der Waals surface area (Å²) in [6.45, 7) is 0.378. The summed E-state index contributed by atoms with van der Waals surface area (Å²) < 4.78 is 0. The van der Waals surface area contributed by atoms with Crippen LogP contribution in [0.5, 0.6) is 0 Å². The second-order valence-corrected chi connectivity index (χ2v) is 4.05. The van der Waals surface area contributed by atoms with Gasteiger partial charge < -0.3 is 10.4 Å². The minimum atomic E-state index is -0.815. The van der Waals surface area contributed by atoms with Crippen LogP contribution in [-0.4, -0.2) is 17.6 Å². The number of carboxylic acid groups (broad SMARTS) is 1. The van der Waals surface area contributed by atoms with Crippen molar-refractivity contribution < 1.29 is 9.90 Å². The molecule has 18 heavy (non-hydrogen) atoms. The first kappa shape index (κ1) is 12.2. The largest absolute Gasteiger partial charge is 0.481 e. The average Bonchev–Trinajstić information content (AvgIpc) is 2.41. The smallest absolute Gasteiger partial charge is 0.312 e. The van der Waals surface area contributed by atoms with E-state index in [-0.39, 0.29) is 0 Å². The van der Waals surface area contributed by atoms with Crippen LogP contribution in [0.1, 0.15) is 11.5 Å². The number of rotatable bonds is 5. The lowest BCUT2D eigenvalue weighted by atomic mass is 9.99. The number of carbonyl (C=O) groups is 1. The lowest BCUT2D eigenvalue weighted by Gasteiger charge is -2.14. The molecule has 0 aliphatic carbocycles. The Morgan fingerprint density at radius 3 is 2.11 bits per heavy atom. The van der Waals surface area contributed by atoms with Crippen molar-refractivity contribution in [2.24, 2.45) is 0 Å². The van der Waals surface area contributed by atoms with Crippen LogP contribution in [-0.2, 0) is 4.79 Å². The molecular formula is C15H15NO2. The highest BCUT2D eigenvalue weighted by Crippen LogP contribution is 2.17. The van der Waals surface area contributed by atoms with Gasteiger partial charge in [-0.3, -0.25) is 4.79 Å². The third kappa shape index (κ3) is 3.10. The van der Waals surface area contributed by atoms with Gasteiger partial charge in [-0.2, -0.15) is 0 Å². The van der Waals surface area contributed by atoms with Crippen LogP contribution >= 0.6 is 0 Å². The number of carboxylic acids is 1. The molecule has 0 saturated heterocycles. The zero-order valence-electron chi connectivity index (χ0n) is 9.91. The zero-order valence-corrected chi connectivity index (χ0v) is 9.91. The highest BCUT2D eigenvalue weighted by atomic mass is 16.4. The van der Waals surface area contributed by atoms with Gasteiger partial charge in [0.15, 0.2) is 0 Å². The minimum Gasteiger partial charge on any atom is -0.481 e. The van der Waals surface area contributed by atoms with Crippen molar-refractivity contribution in [3.8, 4) is 0 Å². The lowest BCUT2D eigenvalue weighted by molar-refractivity contribution is -0.138. The number of benzene rings is 2. The van der Waals surface area contributed by atoms with Gasteiger partial charge in [0.2, 0.25) is 0 Å². The van der Waals surface area contributed by atoms with Gasteiger partial charge in [-0.25, -0.2) is 0 Å². The van der Waals surface area contributed by atoms with Gasteiger partial charge >= 0.3 is 5.97 Å². The van der Waals surface area contributed by atoms with E-state index in [2.05, 4.69) is 5.32 Å². The fourth-order valence-corrected chi connectivity index (χ4v) is 1.81. The van der Waals surface area contributed by atoms with E-state index in [4.69, 9.17) is 0 Å². The summed E-state index contributed by atoms with van der Waals surface area (Å²) in [6, 6.07) is 18.9. The Kier molecular flexibility index (Phi) is 3.97. The van der Waals surface area contributed by atoms with E-state index in [1.807, 2.05) is 60.7 Å². The Morgan fingerprint density at radius 2 is 1.56 bits per heavy atom. The van der Waals surface area contributed by atoms with Crippen molar-refractivity contribution in [2.75, 3.05) is 11.9 Å². The van der Waals surface area contributed by atoms with Gasteiger partial charge in [0.05, 0.1) is 5.92 Å². The van der Waals surface area contributed by atoms with Gasteiger partial charge in [-0.1, -0.05) is 48.5 Å². The van der Waals surface area contributed by atoms with Crippen LogP contribution in [0.3, 0.4) is 0 Å². The van der Waals surface area contributed by atoms with Gasteiger partial charge in [0, 0.05) is 12.2 Å². The third-order valence-electron chi connectivity index (χ3n) is 2.78. The molecule has 0 aromatic heterocycles. The van der Waals surface area contributed by atoms with E-state index in [9.17, 15) is 9.90 Å². The number of aliphatic carboxylic acids is 1. The monoisotopic (exact) mass is 241 g/mol. The Balaban J connectivity index is 2.06. The molecule has 2 rings (SSSR count). The van der Waals surface area contributed by atoms with Crippen molar-refractivity contribution in [2.45, 2.75) is 5.92 Å². The molecule has 92 valence electrons. The normalized spacial score (nSPS) is 11.8. The molecule has 3 nitrogen and oxygen atoms in total. The Bertz CT molecular complexity index is 496. The first-order chi connectivity index (χ1) is 8.77. The van der Waals surface area contributed by atoms with Crippen molar-refractivity contribution in [3.05, 3.63) is 66.2 Å². The zero-order chi connectivity index (χ0) is 12.8. The summed E-state index contributed by atoms with van der Waals surface area (Å²) in [5.74, 6) is -1.35. The molecule has 2 aromatic carbocycles. The van der Waals surface area contributed by atoms with E-state index >= 15 is 0 Å². The maximum absolute atomic E-state index is 11.3. The van der Waals surface area contributed by atoms with Gasteiger partial charge in [-0.05, 0) is 17.7 Å². The lowest BCUT2D eigenvalue weighted by Crippen LogP contribution is -2.20. The molecule has 0 heterocycles. The summed E-state index contributed by atoms with van der Waals surface area (Å²) >= 11 is 0. The molecule has 0 spiro atoms. The van der Waals surface area contributed by atoms with E-state index in [1.54, 1.807) is 0 Å². The Hall–Kier alpha value is -2.29. The molecule has 0 bridgehead atoms. The fraction of sp³-hybridized carbons (Fsp3) is 0.133. The topological polar surface area (TPSA) is 49.3 Å². The van der Waals surface area contributed by atoms with Gasteiger partial charge in [-0.15, -0.1) is 0 Å². The number of hydrogen-bond acceptors (Lipinski definition) is 2. The van der Waals surface area contributed by atoms with Crippen molar-refractivity contribution in [1.82, 2.24) is 0 Å². The van der Waals surface area contributed by atoms with Crippen molar-refractivity contribution in [1.29, 1.82) is 0 Å². The van der Waals surface area contributed by atoms with E-state index in [0.29, 0.717) is 6.54 Å². The molecule has 2 aromatic rings. The van der Waals surface area contributed by atoms with Crippen LogP contribution in [0.2, 0.25) is 0 Å². The molecule has 0 fully saturated rings. The molecule has 1 unspecified atom stereocenters. The summed E-state index contributed by atoms with van der Waals surface area (Å²) in [5.41, 5.74) is 1.74. The first-order valence-electron chi connectivity index (χ1n) is 5.84. The first-order valence-corrected chi connectivity index (χ1v) is 5.84. The standard InChI is InChI=1S/C15H15NO2/c17-15(18)14(12-7-3-1-4-8-12)11-16-13-9-5-2-6-10-13/h1-10,14,16H,11H2,(H,17,18). The molecule has 0 radical (unpaired) electrons. The molecule has 3 heteroatoms. The summed E-state index contributed by atoms with van der Waals surface area (Å²) in [6.07, 6.45) is 0. The number of anilines is 1. The molecule has 0 aliphatic heterocycles. The molecular weight excluding hydrogens is 226 g/mol. The molecule has 1 atom stereocenters. The average molecular weight is 241 g/mol. The second kappa shape index (κ2) is 5.87. The van der Waals surface area contributed by atoms with Gasteiger partial charge in [0.25, 0.3) is 0 Å². The molecule has 0 amide bonds.